The monoisotopic (exact) mass is 752 g/mol. The third kappa shape index (κ3) is 5.44. The van der Waals surface area contributed by atoms with Crippen LogP contribution in [0.25, 0.3) is 5.32 Å². The zero-order valence-electron chi connectivity index (χ0n) is 24.5. The molecule has 2 aliphatic heterocycles. The van der Waals surface area contributed by atoms with Crippen molar-refractivity contribution in [1.29, 1.82) is 0 Å². The Morgan fingerprint density at radius 3 is 1.34 bits per heavy atom. The van der Waals surface area contributed by atoms with Crippen LogP contribution in [-0.2, 0) is 22.4 Å². The van der Waals surface area contributed by atoms with Crippen LogP contribution in [0.2, 0.25) is 0 Å². The van der Waals surface area contributed by atoms with Gasteiger partial charge in [0.25, 0.3) is 11.4 Å². The first-order chi connectivity index (χ1) is 21.2. The van der Waals surface area contributed by atoms with Crippen LogP contribution in [0.5, 0.6) is 0 Å². The number of anilines is 3. The topological polar surface area (TPSA) is 23.4 Å². The Hall–Kier alpha value is -4.96. The average molecular weight is 753 g/mol. The maximum absolute atomic E-state index is 4.94. The van der Waals surface area contributed by atoms with E-state index < -0.39 is 0 Å². The van der Waals surface area contributed by atoms with Gasteiger partial charge in [0.15, 0.2) is 0 Å². The summed E-state index contributed by atoms with van der Waals surface area (Å²) in [7, 11) is 0. The molecule has 0 spiro atoms. The van der Waals surface area contributed by atoms with E-state index in [1.807, 2.05) is 42.5 Å². The van der Waals surface area contributed by atoms with E-state index in [1.54, 1.807) is 0 Å². The van der Waals surface area contributed by atoms with Crippen LogP contribution in [0.15, 0.2) is 152 Å². The van der Waals surface area contributed by atoms with Gasteiger partial charge < -0.3 is 10.2 Å². The number of rotatable bonds is 3. The van der Waals surface area contributed by atoms with E-state index in [-0.39, 0.29) is 22.4 Å². The van der Waals surface area contributed by atoms with E-state index in [9.17, 15) is 0 Å². The van der Waals surface area contributed by atoms with Crippen molar-refractivity contribution >= 4 is 57.2 Å². The largest absolute Gasteiger partial charge is 1.00 e. The van der Waals surface area contributed by atoms with Crippen molar-refractivity contribution in [2.24, 2.45) is 0 Å². The molecule has 0 bridgehead atoms. The SMILES string of the molecule is C1=[N+](c2ccccc2)c2ccccc2[N+]=1c1ccccc1.Cc1cccc2c1[N-]c1c(C)cccc1N2c1ccccc1.[Au+]. The second-order valence-electron chi connectivity index (χ2n) is 10.6. The van der Waals surface area contributed by atoms with Crippen LogP contribution < -0.4 is 14.1 Å². The van der Waals surface area contributed by atoms with E-state index in [0.717, 1.165) is 51.2 Å². The summed E-state index contributed by atoms with van der Waals surface area (Å²) >= 11 is 0. The van der Waals surface area contributed by atoms with Crippen LogP contribution in [0, 0.1) is 13.8 Å². The molecule has 6 aromatic carbocycles. The van der Waals surface area contributed by atoms with Gasteiger partial charge in [-0.3, -0.25) is 0 Å². The van der Waals surface area contributed by atoms with Crippen molar-refractivity contribution in [2.45, 2.75) is 13.8 Å². The Bertz CT molecular complexity index is 1880. The Kier molecular flexibility index (Phi) is 8.42. The van der Waals surface area contributed by atoms with Gasteiger partial charge in [0.2, 0.25) is 11.4 Å². The fourth-order valence-corrected chi connectivity index (χ4v) is 5.63. The number of hydrogen-bond acceptors (Lipinski definition) is 1. The molecule has 44 heavy (non-hydrogen) atoms. The molecule has 0 saturated carbocycles. The van der Waals surface area contributed by atoms with E-state index >= 15 is 0 Å². The van der Waals surface area contributed by atoms with Crippen LogP contribution in [0.4, 0.5) is 51.2 Å². The number of para-hydroxylation sites is 7. The minimum Gasteiger partial charge on any atom is -0.654 e. The molecule has 0 N–H and O–H groups in total. The molecule has 8 rings (SSSR count). The second kappa shape index (κ2) is 12.7. The molecule has 6 aromatic rings. The predicted molar refractivity (Wildman–Crippen MR) is 181 cm³/mol. The van der Waals surface area contributed by atoms with Crippen LogP contribution in [0.1, 0.15) is 11.1 Å². The molecule has 0 fully saturated rings. The second-order valence-corrected chi connectivity index (χ2v) is 10.6. The van der Waals surface area contributed by atoms with Crippen LogP contribution in [-0.4, -0.2) is 6.01 Å². The van der Waals surface area contributed by atoms with Crippen molar-refractivity contribution in [1.82, 2.24) is 9.15 Å². The van der Waals surface area contributed by atoms with Gasteiger partial charge in [-0.05, 0) is 47.3 Å². The summed E-state index contributed by atoms with van der Waals surface area (Å²) in [4.78, 5) is 2.30. The van der Waals surface area contributed by atoms with E-state index in [2.05, 4.69) is 143 Å². The molecule has 0 aromatic heterocycles. The number of nitrogens with zero attached hydrogens (tertiary/aromatic N) is 4. The van der Waals surface area contributed by atoms with Crippen molar-refractivity contribution in [2.75, 3.05) is 4.90 Å². The predicted octanol–water partition coefficient (Wildman–Crippen LogP) is 11.0. The molecule has 216 valence electrons. The third-order valence-corrected chi connectivity index (χ3v) is 7.75. The Morgan fingerprint density at radius 1 is 0.477 bits per heavy atom. The zero-order chi connectivity index (χ0) is 29.2. The first kappa shape index (κ1) is 29.1. The molecule has 0 unspecified atom stereocenters. The molecule has 2 aliphatic rings. The van der Waals surface area contributed by atoms with Crippen molar-refractivity contribution in [3.05, 3.63) is 168 Å². The summed E-state index contributed by atoms with van der Waals surface area (Å²) in [6, 6.07) is 55.7. The molecule has 0 saturated heterocycles. The summed E-state index contributed by atoms with van der Waals surface area (Å²) in [5.41, 5.74) is 12.5. The van der Waals surface area contributed by atoms with Crippen molar-refractivity contribution in [3.63, 3.8) is 0 Å². The number of aryl methyl sites for hydroxylation is 2. The van der Waals surface area contributed by atoms with Crippen molar-refractivity contribution in [3.8, 4) is 0 Å². The summed E-state index contributed by atoms with van der Waals surface area (Å²) in [6.45, 7) is 4.24. The van der Waals surface area contributed by atoms with Crippen LogP contribution >= 0.6 is 0 Å². The molecular formula is C39H31AuN4+2. The minimum atomic E-state index is 0. The summed E-state index contributed by atoms with van der Waals surface area (Å²) in [5.74, 6) is 0. The fourth-order valence-electron chi connectivity index (χ4n) is 5.63. The minimum absolute atomic E-state index is 0. The summed E-state index contributed by atoms with van der Waals surface area (Å²) in [5, 5.41) is 4.94. The summed E-state index contributed by atoms with van der Waals surface area (Å²) in [6.07, 6.45) is 0. The average Bonchev–Trinajstić information content (AvgIpc) is 3.46. The molecule has 4 nitrogen and oxygen atoms in total. The van der Waals surface area contributed by atoms with Gasteiger partial charge in [-0.25, -0.2) is 0 Å². The van der Waals surface area contributed by atoms with E-state index in [4.69, 9.17) is 5.32 Å². The molecule has 0 aliphatic carbocycles. The molecule has 0 amide bonds. The van der Waals surface area contributed by atoms with Crippen LogP contribution in [0.3, 0.4) is 0 Å². The Morgan fingerprint density at radius 2 is 0.886 bits per heavy atom. The van der Waals surface area contributed by atoms with Gasteiger partial charge in [0.1, 0.15) is 0 Å². The van der Waals surface area contributed by atoms with Crippen molar-refractivity contribution < 1.29 is 22.4 Å². The number of hydrogen-bond donors (Lipinski definition) is 0. The van der Waals surface area contributed by atoms with Gasteiger partial charge >= 0.3 is 28.4 Å². The van der Waals surface area contributed by atoms with Gasteiger partial charge in [0, 0.05) is 53.5 Å². The standard InChI is InChI=1S/C20H17N2.C19H14N2.Au/c1-14-8-6-12-17-19(14)21-20-15(2)9-7-13-18(20)22(17)16-10-4-3-5-11-16;1-3-9-16(10-4-1)20-15-21(17-11-5-2-6-12-17)19-14-8-7-13-18(19)20;/h3-13H,1-2H3;1-14H;/q-1;+2;+1. The van der Waals surface area contributed by atoms with Gasteiger partial charge in [-0.1, -0.05) is 102 Å². The summed E-state index contributed by atoms with van der Waals surface area (Å²) < 4.78 is 4.20. The first-order valence-electron chi connectivity index (χ1n) is 14.5. The van der Waals surface area contributed by atoms with Gasteiger partial charge in [-0.2, -0.15) is 0 Å². The van der Waals surface area contributed by atoms with Gasteiger partial charge in [0.05, 0.1) is 0 Å². The maximum atomic E-state index is 4.94. The number of fused-ring (bicyclic) bond motifs is 3. The maximum Gasteiger partial charge on any atom is 1.00 e. The Labute approximate surface area is 274 Å². The van der Waals surface area contributed by atoms with E-state index in [1.165, 1.54) is 11.1 Å². The smallest absolute Gasteiger partial charge is 0.654 e. The normalized spacial score (nSPS) is 12.2. The Balaban J connectivity index is 0.000000153. The molecule has 5 heteroatoms. The molecule has 2 heterocycles. The third-order valence-electron chi connectivity index (χ3n) is 7.75. The fraction of sp³-hybridized carbons (Fsp3) is 0.0513. The van der Waals surface area contributed by atoms with E-state index in [0.29, 0.717) is 0 Å². The number of benzene rings is 6. The molecule has 0 atom stereocenters. The molecular weight excluding hydrogens is 721 g/mol. The quantitative estimate of drug-likeness (QED) is 0.130. The molecule has 0 radical (unpaired) electrons. The first-order valence-corrected chi connectivity index (χ1v) is 14.5. The van der Waals surface area contributed by atoms with Gasteiger partial charge in [-0.15, -0.1) is 11.4 Å². The zero-order valence-corrected chi connectivity index (χ0v) is 26.7.